The molecule has 0 atom stereocenters. The van der Waals surface area contributed by atoms with E-state index in [1.807, 2.05) is 18.4 Å². The zero-order valence-electron chi connectivity index (χ0n) is 12.0. The number of nitrogens with zero attached hydrogens (tertiary/aromatic N) is 2. The van der Waals surface area contributed by atoms with E-state index in [9.17, 15) is 4.79 Å². The van der Waals surface area contributed by atoms with Crippen molar-refractivity contribution in [1.29, 1.82) is 0 Å². The lowest BCUT2D eigenvalue weighted by atomic mass is 10.1. The first kappa shape index (κ1) is 16.3. The Morgan fingerprint density at radius 3 is 2.57 bits per heavy atom. The predicted octanol–water partition coefficient (Wildman–Crippen LogP) is 3.94. The van der Waals surface area contributed by atoms with Gasteiger partial charge in [0.15, 0.2) is 8.68 Å². The lowest BCUT2D eigenvalue weighted by molar-refractivity contribution is -0.113. The van der Waals surface area contributed by atoms with Crippen molar-refractivity contribution in [3.05, 3.63) is 29.8 Å². The number of amides is 1. The highest BCUT2D eigenvalue weighted by Gasteiger charge is 2.08. The van der Waals surface area contributed by atoms with Crippen molar-refractivity contribution in [2.45, 2.75) is 28.4 Å². The van der Waals surface area contributed by atoms with Crippen LogP contribution in [0.25, 0.3) is 0 Å². The van der Waals surface area contributed by atoms with Crippen molar-refractivity contribution >= 4 is 46.5 Å². The van der Waals surface area contributed by atoms with E-state index in [0.717, 1.165) is 27.2 Å². The molecule has 4 nitrogen and oxygen atoms in total. The molecule has 0 unspecified atom stereocenters. The van der Waals surface area contributed by atoms with Gasteiger partial charge in [0.25, 0.3) is 0 Å². The van der Waals surface area contributed by atoms with Crippen molar-refractivity contribution in [1.82, 2.24) is 10.2 Å². The van der Waals surface area contributed by atoms with Gasteiger partial charge in [0.1, 0.15) is 0 Å². The Morgan fingerprint density at radius 2 is 1.95 bits per heavy atom. The van der Waals surface area contributed by atoms with Crippen LogP contribution in [0.3, 0.4) is 0 Å². The molecule has 0 radical (unpaired) electrons. The van der Waals surface area contributed by atoms with Crippen LogP contribution >= 0.6 is 34.9 Å². The zero-order chi connectivity index (χ0) is 15.1. The number of anilines is 1. The van der Waals surface area contributed by atoms with E-state index in [-0.39, 0.29) is 5.91 Å². The summed E-state index contributed by atoms with van der Waals surface area (Å²) < 4.78 is 1.75. The maximum absolute atomic E-state index is 11.9. The van der Waals surface area contributed by atoms with E-state index in [2.05, 4.69) is 34.6 Å². The predicted molar refractivity (Wildman–Crippen MR) is 91.5 cm³/mol. The molecule has 112 valence electrons. The number of carbonyl (C=O) groups is 1. The van der Waals surface area contributed by atoms with Crippen LogP contribution in [-0.2, 0) is 11.2 Å². The maximum Gasteiger partial charge on any atom is 0.234 e. The Balaban J connectivity index is 1.81. The summed E-state index contributed by atoms with van der Waals surface area (Å²) in [5, 5.41) is 10.9. The summed E-state index contributed by atoms with van der Waals surface area (Å²) in [5.41, 5.74) is 2.13. The molecular weight excluding hydrogens is 322 g/mol. The molecule has 0 spiro atoms. The van der Waals surface area contributed by atoms with Crippen LogP contribution in [0.4, 0.5) is 5.69 Å². The van der Waals surface area contributed by atoms with Crippen molar-refractivity contribution < 1.29 is 4.79 Å². The number of hydrogen-bond acceptors (Lipinski definition) is 6. The smallest absolute Gasteiger partial charge is 0.234 e. The maximum atomic E-state index is 11.9. The van der Waals surface area contributed by atoms with Gasteiger partial charge in [-0.15, -0.1) is 10.2 Å². The third-order valence-corrected chi connectivity index (χ3v) is 5.70. The standard InChI is InChI=1S/C14H17N3OS3/c1-3-4-10-5-7-11(8-6-10)15-12(18)9-20-14-17-16-13(19-2)21-14/h5-8H,3-4,9H2,1-2H3,(H,15,18). The Labute approximate surface area is 137 Å². The van der Waals surface area contributed by atoms with Gasteiger partial charge < -0.3 is 5.32 Å². The average Bonchev–Trinajstić information content (AvgIpc) is 2.96. The topological polar surface area (TPSA) is 54.9 Å². The van der Waals surface area contributed by atoms with E-state index in [1.54, 1.807) is 11.8 Å². The molecule has 0 aliphatic heterocycles. The number of hydrogen-bond donors (Lipinski definition) is 1. The van der Waals surface area contributed by atoms with Crippen LogP contribution in [0.2, 0.25) is 0 Å². The van der Waals surface area contributed by atoms with Gasteiger partial charge in [-0.05, 0) is 30.4 Å². The monoisotopic (exact) mass is 339 g/mol. The summed E-state index contributed by atoms with van der Waals surface area (Å²) in [6.07, 6.45) is 4.16. The third-order valence-electron chi connectivity index (χ3n) is 2.67. The summed E-state index contributed by atoms with van der Waals surface area (Å²) in [5.74, 6) is 0.323. The van der Waals surface area contributed by atoms with Crippen LogP contribution in [0, 0.1) is 0 Å². The Bertz CT molecular complexity index is 583. The third kappa shape index (κ3) is 5.33. The second kappa shape index (κ2) is 8.41. The molecule has 1 N–H and O–H groups in total. The van der Waals surface area contributed by atoms with Gasteiger partial charge in [-0.25, -0.2) is 0 Å². The molecule has 1 amide bonds. The molecule has 21 heavy (non-hydrogen) atoms. The fourth-order valence-corrected chi connectivity index (χ4v) is 3.94. The van der Waals surface area contributed by atoms with Gasteiger partial charge in [-0.2, -0.15) is 0 Å². The number of rotatable bonds is 7. The van der Waals surface area contributed by atoms with Gasteiger partial charge in [-0.1, -0.05) is 60.3 Å². The molecule has 2 aromatic rings. The summed E-state index contributed by atoms with van der Waals surface area (Å²) in [4.78, 5) is 11.9. The molecule has 7 heteroatoms. The molecule has 0 bridgehead atoms. The second-order valence-electron chi connectivity index (χ2n) is 4.32. The summed E-state index contributed by atoms with van der Waals surface area (Å²) in [6, 6.07) is 8.01. The number of nitrogens with one attached hydrogen (secondary N) is 1. The first-order valence-corrected chi connectivity index (χ1v) is 9.63. The van der Waals surface area contributed by atoms with Crippen molar-refractivity contribution in [3.8, 4) is 0 Å². The number of benzene rings is 1. The number of aromatic nitrogens is 2. The Kier molecular flexibility index (Phi) is 6.53. The van der Waals surface area contributed by atoms with E-state index >= 15 is 0 Å². The highest BCUT2D eigenvalue weighted by molar-refractivity contribution is 8.03. The number of aryl methyl sites for hydroxylation is 1. The SMILES string of the molecule is CCCc1ccc(NC(=O)CSc2nnc(SC)s2)cc1. The van der Waals surface area contributed by atoms with Crippen LogP contribution in [-0.4, -0.2) is 28.1 Å². The van der Waals surface area contributed by atoms with Gasteiger partial charge in [0.05, 0.1) is 5.75 Å². The minimum atomic E-state index is -0.0239. The molecule has 1 aromatic heterocycles. The zero-order valence-corrected chi connectivity index (χ0v) is 14.4. The van der Waals surface area contributed by atoms with Gasteiger partial charge in [0, 0.05) is 5.69 Å². The molecule has 0 aliphatic rings. The van der Waals surface area contributed by atoms with E-state index in [1.165, 1.54) is 28.7 Å². The van der Waals surface area contributed by atoms with Gasteiger partial charge >= 0.3 is 0 Å². The molecule has 1 aromatic carbocycles. The summed E-state index contributed by atoms with van der Waals surface area (Å²) >= 11 is 4.49. The van der Waals surface area contributed by atoms with Crippen LogP contribution in [0.1, 0.15) is 18.9 Å². The van der Waals surface area contributed by atoms with Crippen LogP contribution in [0.5, 0.6) is 0 Å². The van der Waals surface area contributed by atoms with Crippen LogP contribution < -0.4 is 5.32 Å². The lowest BCUT2D eigenvalue weighted by Crippen LogP contribution is -2.13. The number of thioether (sulfide) groups is 2. The Hall–Kier alpha value is -1.05. The first-order valence-electron chi connectivity index (χ1n) is 6.60. The van der Waals surface area contributed by atoms with Gasteiger partial charge in [0.2, 0.25) is 5.91 Å². The molecular formula is C14H17N3OS3. The minimum absolute atomic E-state index is 0.0239. The summed E-state index contributed by atoms with van der Waals surface area (Å²) in [6.45, 7) is 2.16. The fourth-order valence-electron chi connectivity index (χ4n) is 1.71. The molecule has 0 fully saturated rings. The molecule has 0 aliphatic carbocycles. The Morgan fingerprint density at radius 1 is 1.24 bits per heavy atom. The highest BCUT2D eigenvalue weighted by Crippen LogP contribution is 2.27. The molecule has 2 rings (SSSR count). The highest BCUT2D eigenvalue weighted by atomic mass is 32.2. The molecule has 0 saturated heterocycles. The minimum Gasteiger partial charge on any atom is -0.325 e. The lowest BCUT2D eigenvalue weighted by Gasteiger charge is -2.05. The first-order chi connectivity index (χ1) is 10.2. The largest absolute Gasteiger partial charge is 0.325 e. The fraction of sp³-hybridized carbons (Fsp3) is 0.357. The van der Waals surface area contributed by atoms with E-state index in [4.69, 9.17) is 0 Å². The second-order valence-corrected chi connectivity index (χ2v) is 7.58. The average molecular weight is 340 g/mol. The van der Waals surface area contributed by atoms with Crippen molar-refractivity contribution in [3.63, 3.8) is 0 Å². The van der Waals surface area contributed by atoms with E-state index < -0.39 is 0 Å². The van der Waals surface area contributed by atoms with Crippen molar-refractivity contribution in [2.75, 3.05) is 17.3 Å². The van der Waals surface area contributed by atoms with Crippen molar-refractivity contribution in [2.24, 2.45) is 0 Å². The van der Waals surface area contributed by atoms with Crippen LogP contribution in [0.15, 0.2) is 32.9 Å². The quantitative estimate of drug-likeness (QED) is 0.774. The van der Waals surface area contributed by atoms with E-state index in [0.29, 0.717) is 5.75 Å². The summed E-state index contributed by atoms with van der Waals surface area (Å²) in [7, 11) is 0. The van der Waals surface area contributed by atoms with Gasteiger partial charge in [-0.3, -0.25) is 4.79 Å². The molecule has 1 heterocycles. The number of carbonyl (C=O) groups excluding carboxylic acids is 1. The molecule has 0 saturated carbocycles. The normalized spacial score (nSPS) is 10.6.